The van der Waals surface area contributed by atoms with Gasteiger partial charge in [0.1, 0.15) is 5.82 Å². The molecule has 2 heterocycles. The number of benzene rings is 2. The van der Waals surface area contributed by atoms with Crippen molar-refractivity contribution >= 4 is 58.9 Å². The number of fused-ring (bicyclic) bond motifs is 1. The molecule has 1 saturated heterocycles. The molecular formula is C24H31Cl2F3N6. The third-order valence-electron chi connectivity index (χ3n) is 5.82. The minimum Gasteiger partial charge on any atom is -0.399 e. The maximum Gasteiger partial charge on any atom is 0.416 e. The molecule has 0 spiro atoms. The van der Waals surface area contributed by atoms with Crippen LogP contribution >= 0.6 is 24.8 Å². The Morgan fingerprint density at radius 2 is 1.86 bits per heavy atom. The van der Waals surface area contributed by atoms with Crippen LogP contribution in [0.4, 0.5) is 36.3 Å². The maximum atomic E-state index is 13.2. The van der Waals surface area contributed by atoms with Gasteiger partial charge in [-0.2, -0.15) is 18.2 Å². The molecule has 4 N–H and O–H groups in total. The predicted octanol–water partition coefficient (Wildman–Crippen LogP) is 6.18. The van der Waals surface area contributed by atoms with Crippen LogP contribution in [0.1, 0.15) is 38.2 Å². The predicted molar refractivity (Wildman–Crippen MR) is 141 cm³/mol. The molecule has 1 aliphatic heterocycles. The number of hydrogen-bond acceptors (Lipinski definition) is 6. The smallest absolute Gasteiger partial charge is 0.399 e. The average Bonchev–Trinajstić information content (AvgIpc) is 3.24. The van der Waals surface area contributed by atoms with Gasteiger partial charge >= 0.3 is 6.18 Å². The highest BCUT2D eigenvalue weighted by molar-refractivity contribution is 5.91. The maximum absolute atomic E-state index is 13.2. The number of nitrogens with one attached hydrogen (secondary N) is 2. The van der Waals surface area contributed by atoms with E-state index in [1.807, 2.05) is 24.3 Å². The van der Waals surface area contributed by atoms with E-state index in [1.165, 1.54) is 18.9 Å². The molecule has 6 nitrogen and oxygen atoms in total. The molecule has 1 fully saturated rings. The molecule has 0 saturated carbocycles. The lowest BCUT2D eigenvalue weighted by Crippen LogP contribution is -2.33. The van der Waals surface area contributed by atoms with Crippen molar-refractivity contribution in [1.82, 2.24) is 15.3 Å². The summed E-state index contributed by atoms with van der Waals surface area (Å²) < 4.78 is 39.6. The fourth-order valence-corrected chi connectivity index (χ4v) is 4.17. The summed E-state index contributed by atoms with van der Waals surface area (Å²) in [5.41, 5.74) is 5.83. The molecule has 0 radical (unpaired) electrons. The average molecular weight is 531 g/mol. The standard InChI is InChI=1S/C24H29F3N6.2ClH/c1-2-3-6-10-29-18-9-11-33(15-18)22-20-7-4-5-8-21(20)31-23(32-22)30-19-13-16(24(25,26)27)12-17(28)14-19;;/h4-5,7-8,12-14,18,29H,2-3,6,9-11,15,28H2,1H3,(H,30,31,32);2*1H/t18-;;/m0../s1. The fraction of sp³-hybridized carbons (Fsp3) is 0.417. The van der Waals surface area contributed by atoms with E-state index in [2.05, 4.69) is 27.4 Å². The van der Waals surface area contributed by atoms with Crippen LogP contribution in [0.3, 0.4) is 0 Å². The lowest BCUT2D eigenvalue weighted by atomic mass is 10.1. The number of nitrogens with zero attached hydrogens (tertiary/aromatic N) is 3. The topological polar surface area (TPSA) is 79.1 Å². The van der Waals surface area contributed by atoms with Gasteiger partial charge in [0, 0.05) is 35.9 Å². The zero-order valence-electron chi connectivity index (χ0n) is 19.4. The third-order valence-corrected chi connectivity index (χ3v) is 5.82. The molecule has 0 aliphatic carbocycles. The Morgan fingerprint density at radius 1 is 1.09 bits per heavy atom. The molecule has 4 rings (SSSR count). The first-order chi connectivity index (χ1) is 15.8. The molecule has 0 amide bonds. The summed E-state index contributed by atoms with van der Waals surface area (Å²) in [6, 6.07) is 11.4. The lowest BCUT2D eigenvalue weighted by molar-refractivity contribution is -0.137. The largest absolute Gasteiger partial charge is 0.416 e. The van der Waals surface area contributed by atoms with Crippen molar-refractivity contribution in [1.29, 1.82) is 0 Å². The molecule has 3 aromatic rings. The van der Waals surface area contributed by atoms with E-state index >= 15 is 0 Å². The number of anilines is 4. The van der Waals surface area contributed by atoms with Gasteiger partial charge in [-0.3, -0.25) is 0 Å². The Balaban J connectivity index is 0.00000216. The zero-order valence-corrected chi connectivity index (χ0v) is 21.1. The molecule has 11 heteroatoms. The Morgan fingerprint density at radius 3 is 2.60 bits per heavy atom. The first-order valence-corrected chi connectivity index (χ1v) is 11.3. The van der Waals surface area contributed by atoms with Crippen molar-refractivity contribution < 1.29 is 13.2 Å². The van der Waals surface area contributed by atoms with Crippen molar-refractivity contribution in [2.75, 3.05) is 35.6 Å². The summed E-state index contributed by atoms with van der Waals surface area (Å²) in [6.45, 7) is 4.86. The molecular weight excluding hydrogens is 500 g/mol. The van der Waals surface area contributed by atoms with Crippen molar-refractivity contribution in [2.45, 2.75) is 44.8 Å². The summed E-state index contributed by atoms with van der Waals surface area (Å²) >= 11 is 0. The van der Waals surface area contributed by atoms with Crippen LogP contribution in [0.5, 0.6) is 0 Å². The van der Waals surface area contributed by atoms with E-state index in [9.17, 15) is 13.2 Å². The van der Waals surface area contributed by atoms with E-state index in [0.29, 0.717) is 6.04 Å². The number of para-hydroxylation sites is 1. The molecule has 1 atom stereocenters. The lowest BCUT2D eigenvalue weighted by Gasteiger charge is -2.21. The van der Waals surface area contributed by atoms with E-state index in [-0.39, 0.29) is 42.1 Å². The van der Waals surface area contributed by atoms with Crippen LogP contribution in [0, 0.1) is 0 Å². The molecule has 1 aromatic heterocycles. The molecule has 2 aromatic carbocycles. The van der Waals surface area contributed by atoms with Crippen molar-refractivity contribution in [3.05, 3.63) is 48.0 Å². The summed E-state index contributed by atoms with van der Waals surface area (Å²) in [5.74, 6) is 1.02. The van der Waals surface area contributed by atoms with E-state index in [1.54, 1.807) is 0 Å². The molecule has 0 bridgehead atoms. The normalized spacial score (nSPS) is 15.5. The summed E-state index contributed by atoms with van der Waals surface area (Å²) in [5, 5.41) is 7.47. The van der Waals surface area contributed by atoms with Gasteiger partial charge in [0.2, 0.25) is 5.95 Å². The van der Waals surface area contributed by atoms with Gasteiger partial charge < -0.3 is 21.3 Å². The minimum absolute atomic E-state index is 0. The first-order valence-electron chi connectivity index (χ1n) is 11.3. The van der Waals surface area contributed by atoms with Gasteiger partial charge in [0.05, 0.1) is 11.1 Å². The Hall–Kier alpha value is -2.49. The summed E-state index contributed by atoms with van der Waals surface area (Å²) in [6.07, 6.45) is 0.0959. The molecule has 192 valence electrons. The highest BCUT2D eigenvalue weighted by Crippen LogP contribution is 2.34. The van der Waals surface area contributed by atoms with Crippen LogP contribution in [0.2, 0.25) is 0 Å². The van der Waals surface area contributed by atoms with Gasteiger partial charge in [-0.25, -0.2) is 4.98 Å². The quantitative estimate of drug-likeness (QED) is 0.238. The van der Waals surface area contributed by atoms with Crippen molar-refractivity contribution in [2.24, 2.45) is 0 Å². The minimum atomic E-state index is -4.49. The molecule has 35 heavy (non-hydrogen) atoms. The molecule has 0 unspecified atom stereocenters. The Labute approximate surface area is 215 Å². The molecule has 1 aliphatic rings. The van der Waals surface area contributed by atoms with E-state index < -0.39 is 11.7 Å². The number of nitrogen functional groups attached to an aromatic ring is 1. The number of hydrogen-bond donors (Lipinski definition) is 3. The van der Waals surface area contributed by atoms with Crippen molar-refractivity contribution in [3.8, 4) is 0 Å². The Bertz CT molecular complexity index is 1110. The fourth-order valence-electron chi connectivity index (χ4n) is 4.17. The van der Waals surface area contributed by atoms with Crippen LogP contribution in [0.15, 0.2) is 42.5 Å². The van der Waals surface area contributed by atoms with Gasteiger partial charge in [0.25, 0.3) is 0 Å². The van der Waals surface area contributed by atoms with Gasteiger partial charge in [-0.1, -0.05) is 31.9 Å². The monoisotopic (exact) mass is 530 g/mol. The van der Waals surface area contributed by atoms with Crippen LogP contribution in [-0.2, 0) is 6.18 Å². The number of unbranched alkanes of at least 4 members (excludes halogenated alkanes) is 2. The number of alkyl halides is 3. The second-order valence-corrected chi connectivity index (χ2v) is 8.45. The highest BCUT2D eigenvalue weighted by Gasteiger charge is 2.31. The van der Waals surface area contributed by atoms with Gasteiger partial charge in [-0.15, -0.1) is 24.8 Å². The number of nitrogens with two attached hydrogens (primary N) is 1. The SMILES string of the molecule is CCCCCN[C@H]1CCN(c2nc(Nc3cc(N)cc(C(F)(F)F)c3)nc3ccccc23)C1.Cl.Cl. The summed E-state index contributed by atoms with van der Waals surface area (Å²) in [7, 11) is 0. The van der Waals surface area contributed by atoms with E-state index in [4.69, 9.17) is 10.7 Å². The van der Waals surface area contributed by atoms with Gasteiger partial charge in [-0.05, 0) is 49.7 Å². The van der Waals surface area contributed by atoms with Crippen LogP contribution < -0.4 is 21.3 Å². The Kier molecular flexibility index (Phi) is 10.2. The van der Waals surface area contributed by atoms with Crippen LogP contribution in [-0.4, -0.2) is 35.6 Å². The highest BCUT2D eigenvalue weighted by atomic mass is 35.5. The van der Waals surface area contributed by atoms with Crippen molar-refractivity contribution in [3.63, 3.8) is 0 Å². The third kappa shape index (κ3) is 7.25. The zero-order chi connectivity index (χ0) is 23.4. The number of halogens is 5. The van der Waals surface area contributed by atoms with E-state index in [0.717, 1.165) is 61.3 Å². The van der Waals surface area contributed by atoms with Gasteiger partial charge in [0.15, 0.2) is 0 Å². The second-order valence-electron chi connectivity index (χ2n) is 8.45. The summed E-state index contributed by atoms with van der Waals surface area (Å²) in [4.78, 5) is 11.4. The number of aromatic nitrogens is 2. The van der Waals surface area contributed by atoms with Crippen LogP contribution in [0.25, 0.3) is 10.9 Å². The first kappa shape index (κ1) is 28.7. The number of rotatable bonds is 8. The second kappa shape index (κ2) is 12.5.